The summed E-state index contributed by atoms with van der Waals surface area (Å²) in [7, 11) is 0. The van der Waals surface area contributed by atoms with Crippen LogP contribution >= 0.6 is 11.8 Å². The highest BCUT2D eigenvalue weighted by Gasteiger charge is 2.15. The predicted molar refractivity (Wildman–Crippen MR) is 156 cm³/mol. The van der Waals surface area contributed by atoms with Crippen molar-refractivity contribution in [3.05, 3.63) is 132 Å². The van der Waals surface area contributed by atoms with Crippen molar-refractivity contribution >= 4 is 52.9 Å². The third-order valence-corrected chi connectivity index (χ3v) is 6.53. The van der Waals surface area contributed by atoms with E-state index in [4.69, 9.17) is 5.11 Å². The summed E-state index contributed by atoms with van der Waals surface area (Å²) in [6.07, 6.45) is 1.60. The van der Waals surface area contributed by atoms with Crippen molar-refractivity contribution in [2.24, 2.45) is 0 Å². The van der Waals surface area contributed by atoms with Crippen LogP contribution in [0.3, 0.4) is 0 Å². The van der Waals surface area contributed by atoms with E-state index in [1.807, 2.05) is 30.3 Å². The molecule has 0 bridgehead atoms. The first-order chi connectivity index (χ1) is 19.4. The lowest BCUT2D eigenvalue weighted by Crippen LogP contribution is -2.30. The van der Waals surface area contributed by atoms with Crippen LogP contribution in [0.15, 0.2) is 120 Å². The maximum atomic E-state index is 13.1. The number of carboxylic acid groups (broad SMARTS) is 1. The van der Waals surface area contributed by atoms with Crippen molar-refractivity contribution in [2.75, 3.05) is 16.4 Å². The summed E-state index contributed by atoms with van der Waals surface area (Å²) >= 11 is 1.29. The summed E-state index contributed by atoms with van der Waals surface area (Å²) in [6, 6.07) is 30.8. The van der Waals surface area contributed by atoms with Gasteiger partial charge in [-0.25, -0.2) is 4.79 Å². The van der Waals surface area contributed by atoms with E-state index in [1.54, 1.807) is 72.8 Å². The van der Waals surface area contributed by atoms with Crippen LogP contribution < -0.4 is 16.0 Å². The van der Waals surface area contributed by atoms with E-state index in [0.29, 0.717) is 16.9 Å². The lowest BCUT2D eigenvalue weighted by atomic mass is 10.1. The van der Waals surface area contributed by atoms with Gasteiger partial charge in [-0.05, 0) is 66.2 Å². The van der Waals surface area contributed by atoms with Crippen LogP contribution in [0.5, 0.6) is 0 Å². The number of nitrogens with one attached hydrogen (secondary N) is 3. The Balaban J connectivity index is 1.37. The van der Waals surface area contributed by atoms with Gasteiger partial charge in [0.05, 0.1) is 11.3 Å². The van der Waals surface area contributed by atoms with Crippen LogP contribution in [0.2, 0.25) is 0 Å². The number of rotatable bonds is 10. The maximum absolute atomic E-state index is 13.1. The quantitative estimate of drug-likeness (QED) is 0.152. The Labute approximate surface area is 235 Å². The van der Waals surface area contributed by atoms with Gasteiger partial charge in [0.2, 0.25) is 5.91 Å². The molecule has 200 valence electrons. The normalized spacial score (nSPS) is 10.8. The molecule has 4 N–H and O–H groups in total. The molecule has 0 saturated heterocycles. The van der Waals surface area contributed by atoms with E-state index in [9.17, 15) is 19.2 Å². The predicted octanol–water partition coefficient (Wildman–Crippen LogP) is 5.53. The summed E-state index contributed by atoms with van der Waals surface area (Å²) < 4.78 is 0. The third kappa shape index (κ3) is 8.17. The fourth-order valence-electron chi connectivity index (χ4n) is 3.57. The minimum absolute atomic E-state index is 0.0853. The molecule has 0 aliphatic heterocycles. The highest BCUT2D eigenvalue weighted by atomic mass is 32.2. The molecule has 0 heterocycles. The van der Waals surface area contributed by atoms with Gasteiger partial charge in [-0.15, -0.1) is 11.8 Å². The Hall–Kier alpha value is -5.15. The highest BCUT2D eigenvalue weighted by Crippen LogP contribution is 2.21. The number of hydrogen-bond acceptors (Lipinski definition) is 5. The number of anilines is 2. The molecule has 4 aromatic rings. The second-order valence-electron chi connectivity index (χ2n) is 8.49. The van der Waals surface area contributed by atoms with Crippen LogP contribution in [-0.2, 0) is 9.59 Å². The van der Waals surface area contributed by atoms with Gasteiger partial charge < -0.3 is 21.1 Å². The number of benzene rings is 4. The van der Waals surface area contributed by atoms with Crippen LogP contribution in [0.4, 0.5) is 11.4 Å². The van der Waals surface area contributed by atoms with Crippen molar-refractivity contribution in [2.45, 2.75) is 4.90 Å². The first-order valence-electron chi connectivity index (χ1n) is 12.2. The van der Waals surface area contributed by atoms with Crippen molar-refractivity contribution in [1.82, 2.24) is 5.32 Å². The maximum Gasteiger partial charge on any atom is 0.335 e. The van der Waals surface area contributed by atoms with Crippen LogP contribution in [0, 0.1) is 0 Å². The second kappa shape index (κ2) is 13.6. The number of amides is 3. The van der Waals surface area contributed by atoms with E-state index in [2.05, 4.69) is 16.0 Å². The highest BCUT2D eigenvalue weighted by molar-refractivity contribution is 8.00. The molecule has 0 fully saturated rings. The molecule has 0 radical (unpaired) electrons. The molecule has 0 aliphatic carbocycles. The van der Waals surface area contributed by atoms with Gasteiger partial charge >= 0.3 is 5.97 Å². The Morgan fingerprint density at radius 1 is 0.700 bits per heavy atom. The standard InChI is InChI=1S/C31H25N3O5S/c35-28(32-25-13-7-12-23(19-25)31(38)39)20-40-26-16-14-24(15-17-26)33-30(37)27(18-21-8-3-1-4-9-21)34-29(36)22-10-5-2-6-11-22/h1-19H,20H2,(H,32,35)(H,33,37)(H,34,36)(H,38,39)/b27-18-. The minimum Gasteiger partial charge on any atom is -0.478 e. The van der Waals surface area contributed by atoms with E-state index >= 15 is 0 Å². The Kier molecular flexibility index (Phi) is 9.47. The van der Waals surface area contributed by atoms with E-state index in [1.165, 1.54) is 23.9 Å². The number of aromatic carboxylic acids is 1. The molecule has 0 aliphatic rings. The van der Waals surface area contributed by atoms with E-state index in [0.717, 1.165) is 10.5 Å². The van der Waals surface area contributed by atoms with E-state index < -0.39 is 17.8 Å². The number of carbonyl (C=O) groups is 4. The second-order valence-corrected chi connectivity index (χ2v) is 9.54. The first-order valence-corrected chi connectivity index (χ1v) is 13.2. The minimum atomic E-state index is -1.07. The fourth-order valence-corrected chi connectivity index (χ4v) is 4.27. The zero-order valence-electron chi connectivity index (χ0n) is 21.2. The average Bonchev–Trinajstić information content (AvgIpc) is 2.97. The monoisotopic (exact) mass is 551 g/mol. The molecule has 0 saturated carbocycles. The molecular weight excluding hydrogens is 526 g/mol. The molecule has 4 aromatic carbocycles. The zero-order chi connectivity index (χ0) is 28.3. The molecule has 4 rings (SSSR count). The smallest absolute Gasteiger partial charge is 0.335 e. The fraction of sp³-hybridized carbons (Fsp3) is 0.0323. The van der Waals surface area contributed by atoms with Crippen LogP contribution in [0.1, 0.15) is 26.3 Å². The molecular formula is C31H25N3O5S. The number of thioether (sulfide) groups is 1. The molecule has 40 heavy (non-hydrogen) atoms. The van der Waals surface area contributed by atoms with Gasteiger partial charge in [0.25, 0.3) is 11.8 Å². The van der Waals surface area contributed by atoms with Crippen molar-refractivity contribution < 1.29 is 24.3 Å². The lowest BCUT2D eigenvalue weighted by molar-refractivity contribution is -0.114. The first kappa shape index (κ1) is 27.9. The van der Waals surface area contributed by atoms with Crippen molar-refractivity contribution in [1.29, 1.82) is 0 Å². The third-order valence-electron chi connectivity index (χ3n) is 5.51. The molecule has 0 spiro atoms. The Bertz CT molecular complexity index is 1540. The van der Waals surface area contributed by atoms with Gasteiger partial charge in [0.1, 0.15) is 5.70 Å². The van der Waals surface area contributed by atoms with Crippen LogP contribution in [-0.4, -0.2) is 34.6 Å². The topological polar surface area (TPSA) is 125 Å². The van der Waals surface area contributed by atoms with Crippen LogP contribution in [0.25, 0.3) is 6.08 Å². The SMILES string of the molecule is O=C(CSc1ccc(NC(=O)/C(=C/c2ccccc2)NC(=O)c2ccccc2)cc1)Nc1cccc(C(=O)O)c1. The summed E-state index contributed by atoms with van der Waals surface area (Å²) in [5, 5.41) is 17.3. The average molecular weight is 552 g/mol. The molecule has 3 amide bonds. The largest absolute Gasteiger partial charge is 0.478 e. The molecule has 0 unspecified atom stereocenters. The molecule has 8 nitrogen and oxygen atoms in total. The lowest BCUT2D eigenvalue weighted by Gasteiger charge is -2.12. The summed E-state index contributed by atoms with van der Waals surface area (Å²) in [4.78, 5) is 50.1. The Morgan fingerprint density at radius 3 is 2.02 bits per heavy atom. The number of carbonyl (C=O) groups excluding carboxylic acids is 3. The van der Waals surface area contributed by atoms with Gasteiger partial charge in [-0.2, -0.15) is 0 Å². The summed E-state index contributed by atoms with van der Waals surface area (Å²) in [6.45, 7) is 0. The van der Waals surface area contributed by atoms with Crippen molar-refractivity contribution in [3.63, 3.8) is 0 Å². The molecule has 0 aromatic heterocycles. The number of carboxylic acids is 1. The van der Waals surface area contributed by atoms with E-state index in [-0.39, 0.29) is 22.9 Å². The Morgan fingerprint density at radius 2 is 1.35 bits per heavy atom. The summed E-state index contributed by atoms with van der Waals surface area (Å²) in [5.41, 5.74) is 2.26. The molecule has 0 atom stereocenters. The van der Waals surface area contributed by atoms with Gasteiger partial charge in [-0.1, -0.05) is 54.6 Å². The van der Waals surface area contributed by atoms with Gasteiger partial charge in [-0.3, -0.25) is 14.4 Å². The van der Waals surface area contributed by atoms with Gasteiger partial charge in [0, 0.05) is 21.8 Å². The number of hydrogen-bond donors (Lipinski definition) is 4. The molecule has 9 heteroatoms. The van der Waals surface area contributed by atoms with Gasteiger partial charge in [0.15, 0.2) is 0 Å². The van der Waals surface area contributed by atoms with Crippen molar-refractivity contribution in [3.8, 4) is 0 Å². The summed E-state index contributed by atoms with van der Waals surface area (Å²) in [5.74, 6) is -2.14. The zero-order valence-corrected chi connectivity index (χ0v) is 22.0.